The van der Waals surface area contributed by atoms with Crippen molar-refractivity contribution in [2.24, 2.45) is 5.14 Å². The summed E-state index contributed by atoms with van der Waals surface area (Å²) in [4.78, 5) is 38.9. The highest BCUT2D eigenvalue weighted by molar-refractivity contribution is 7.89. The fraction of sp³-hybridized carbons (Fsp3) is 0.0417. The molecule has 3 aromatic carbocycles. The van der Waals surface area contributed by atoms with Crippen LogP contribution in [0.1, 0.15) is 10.4 Å². The number of ether oxygens (including phenoxy) is 1. The number of amides is 3. The number of imide groups is 1. The van der Waals surface area contributed by atoms with Crippen LogP contribution < -0.4 is 25.4 Å². The number of carbonyl (C=O) groups is 3. The number of benzene rings is 3. The van der Waals surface area contributed by atoms with Crippen molar-refractivity contribution in [2.75, 3.05) is 22.6 Å². The van der Waals surface area contributed by atoms with Gasteiger partial charge in [0.25, 0.3) is 17.7 Å². The van der Waals surface area contributed by atoms with Gasteiger partial charge in [0.1, 0.15) is 16.5 Å². The SMILES string of the molecule is COc1ccc(N2C(=O)C(Cl)=C(Nc3ccc(C(=O)Nc4ccc(S(N)(=O)=O)cc4)cc3)C2=O)cc1. The third-order valence-electron chi connectivity index (χ3n) is 5.22. The van der Waals surface area contributed by atoms with Crippen LogP contribution in [0.4, 0.5) is 17.1 Å². The number of nitrogens with one attached hydrogen (secondary N) is 2. The summed E-state index contributed by atoms with van der Waals surface area (Å²) < 4.78 is 27.8. The molecule has 4 N–H and O–H groups in total. The summed E-state index contributed by atoms with van der Waals surface area (Å²) in [6, 6.07) is 17.9. The molecule has 0 aromatic heterocycles. The fourth-order valence-electron chi connectivity index (χ4n) is 3.36. The van der Waals surface area contributed by atoms with E-state index in [2.05, 4.69) is 10.6 Å². The van der Waals surface area contributed by atoms with Gasteiger partial charge in [0.2, 0.25) is 10.0 Å². The summed E-state index contributed by atoms with van der Waals surface area (Å²) in [5.74, 6) is -1.17. The Morgan fingerprint density at radius 1 is 0.889 bits per heavy atom. The van der Waals surface area contributed by atoms with Gasteiger partial charge in [-0.15, -0.1) is 0 Å². The van der Waals surface area contributed by atoms with Crippen LogP contribution in [-0.2, 0) is 19.6 Å². The highest BCUT2D eigenvalue weighted by Gasteiger charge is 2.39. The minimum absolute atomic E-state index is 0.0746. The van der Waals surface area contributed by atoms with Crippen LogP contribution in [0.3, 0.4) is 0 Å². The highest BCUT2D eigenvalue weighted by Crippen LogP contribution is 2.31. The molecule has 0 saturated heterocycles. The van der Waals surface area contributed by atoms with Crippen molar-refractivity contribution in [3.8, 4) is 5.75 Å². The second kappa shape index (κ2) is 9.82. The lowest BCUT2D eigenvalue weighted by Crippen LogP contribution is -2.32. The highest BCUT2D eigenvalue weighted by atomic mass is 35.5. The van der Waals surface area contributed by atoms with Crippen molar-refractivity contribution in [2.45, 2.75) is 4.90 Å². The van der Waals surface area contributed by atoms with E-state index in [1.165, 1.54) is 43.5 Å². The second-order valence-electron chi connectivity index (χ2n) is 7.56. The predicted octanol–water partition coefficient (Wildman–Crippen LogP) is 3.03. The number of sulfonamides is 1. The number of carbonyl (C=O) groups excluding carboxylic acids is 3. The van der Waals surface area contributed by atoms with Gasteiger partial charge in [-0.2, -0.15) is 0 Å². The largest absolute Gasteiger partial charge is 0.497 e. The molecule has 10 nitrogen and oxygen atoms in total. The number of nitrogens with two attached hydrogens (primary N) is 1. The monoisotopic (exact) mass is 526 g/mol. The molecular weight excluding hydrogens is 508 g/mol. The molecule has 36 heavy (non-hydrogen) atoms. The van der Waals surface area contributed by atoms with E-state index in [1.54, 1.807) is 36.4 Å². The van der Waals surface area contributed by atoms with E-state index in [0.29, 0.717) is 28.4 Å². The second-order valence-corrected chi connectivity index (χ2v) is 9.50. The van der Waals surface area contributed by atoms with Crippen LogP contribution in [-0.4, -0.2) is 33.2 Å². The molecule has 0 atom stereocenters. The number of halogens is 1. The molecule has 1 aliphatic heterocycles. The molecule has 3 amide bonds. The number of hydrogen-bond acceptors (Lipinski definition) is 7. The summed E-state index contributed by atoms with van der Waals surface area (Å²) in [6.45, 7) is 0. The number of rotatable bonds is 7. The van der Waals surface area contributed by atoms with E-state index in [4.69, 9.17) is 21.5 Å². The van der Waals surface area contributed by atoms with Crippen LogP contribution in [0.25, 0.3) is 0 Å². The summed E-state index contributed by atoms with van der Waals surface area (Å²) >= 11 is 6.16. The lowest BCUT2D eigenvalue weighted by atomic mass is 10.2. The van der Waals surface area contributed by atoms with E-state index < -0.39 is 27.7 Å². The molecule has 0 saturated carbocycles. The molecular formula is C24H19ClN4O6S. The Morgan fingerprint density at radius 3 is 2.03 bits per heavy atom. The van der Waals surface area contributed by atoms with Crippen molar-refractivity contribution < 1.29 is 27.5 Å². The Kier molecular flexibility index (Phi) is 6.80. The molecule has 0 spiro atoms. The van der Waals surface area contributed by atoms with Gasteiger partial charge in [0.15, 0.2) is 0 Å². The molecule has 0 bridgehead atoms. The van der Waals surface area contributed by atoms with E-state index in [0.717, 1.165) is 4.90 Å². The average molecular weight is 527 g/mol. The third-order valence-corrected chi connectivity index (χ3v) is 6.49. The maximum absolute atomic E-state index is 12.9. The maximum Gasteiger partial charge on any atom is 0.283 e. The minimum Gasteiger partial charge on any atom is -0.497 e. The number of nitrogens with zero attached hydrogens (tertiary/aromatic N) is 1. The van der Waals surface area contributed by atoms with Gasteiger partial charge in [0, 0.05) is 16.9 Å². The Morgan fingerprint density at radius 2 is 1.47 bits per heavy atom. The van der Waals surface area contributed by atoms with E-state index in [9.17, 15) is 22.8 Å². The summed E-state index contributed by atoms with van der Waals surface area (Å²) in [7, 11) is -2.33. The summed E-state index contributed by atoms with van der Waals surface area (Å²) in [6.07, 6.45) is 0. The van der Waals surface area contributed by atoms with Gasteiger partial charge in [-0.25, -0.2) is 18.5 Å². The van der Waals surface area contributed by atoms with Crippen LogP contribution in [0.2, 0.25) is 0 Å². The molecule has 0 fully saturated rings. The van der Waals surface area contributed by atoms with Crippen molar-refractivity contribution >= 4 is 56.4 Å². The van der Waals surface area contributed by atoms with Crippen molar-refractivity contribution in [1.29, 1.82) is 0 Å². The first-order chi connectivity index (χ1) is 17.1. The van der Waals surface area contributed by atoms with E-state index >= 15 is 0 Å². The Bertz CT molecular complexity index is 1490. The number of hydrogen-bond donors (Lipinski definition) is 3. The zero-order valence-electron chi connectivity index (χ0n) is 18.7. The zero-order chi connectivity index (χ0) is 26.0. The van der Waals surface area contributed by atoms with Crippen molar-refractivity contribution in [1.82, 2.24) is 0 Å². The summed E-state index contributed by atoms with van der Waals surface area (Å²) in [5, 5.41) is 10.3. The fourth-order valence-corrected chi connectivity index (χ4v) is 4.09. The first-order valence-corrected chi connectivity index (χ1v) is 12.2. The van der Waals surface area contributed by atoms with Gasteiger partial charge in [-0.1, -0.05) is 11.6 Å². The minimum atomic E-state index is -3.83. The van der Waals surface area contributed by atoms with Gasteiger partial charge >= 0.3 is 0 Å². The third kappa shape index (κ3) is 5.08. The van der Waals surface area contributed by atoms with E-state index in [1.807, 2.05) is 0 Å². The first kappa shape index (κ1) is 24.9. The smallest absolute Gasteiger partial charge is 0.283 e. The quantitative estimate of drug-likeness (QED) is 0.401. The molecule has 1 heterocycles. The topological polar surface area (TPSA) is 148 Å². The van der Waals surface area contributed by atoms with Gasteiger partial charge in [-0.3, -0.25) is 14.4 Å². The molecule has 3 aromatic rings. The van der Waals surface area contributed by atoms with Gasteiger partial charge in [-0.05, 0) is 72.8 Å². The molecule has 12 heteroatoms. The molecule has 0 unspecified atom stereocenters. The lowest BCUT2D eigenvalue weighted by Gasteiger charge is -2.15. The standard InChI is InChI=1S/C24H19ClN4O6S/c1-35-18-10-8-17(9-11-18)29-23(31)20(25)21(24(29)32)27-15-4-2-14(3-5-15)22(30)28-16-6-12-19(13-7-16)36(26,33)34/h2-13,27H,1H3,(H,28,30)(H2,26,33,34). The summed E-state index contributed by atoms with van der Waals surface area (Å²) in [5.41, 5.74) is 1.34. The van der Waals surface area contributed by atoms with Crippen molar-refractivity contribution in [3.05, 3.63) is 89.1 Å². The first-order valence-electron chi connectivity index (χ1n) is 10.3. The van der Waals surface area contributed by atoms with Crippen molar-refractivity contribution in [3.63, 3.8) is 0 Å². The average Bonchev–Trinajstić information content (AvgIpc) is 3.07. The molecule has 4 rings (SSSR count). The molecule has 184 valence electrons. The zero-order valence-corrected chi connectivity index (χ0v) is 20.3. The Balaban J connectivity index is 1.44. The number of anilines is 3. The van der Waals surface area contributed by atoms with Crippen LogP contribution in [0.5, 0.6) is 5.75 Å². The lowest BCUT2D eigenvalue weighted by molar-refractivity contribution is -0.120. The van der Waals surface area contributed by atoms with Crippen LogP contribution in [0, 0.1) is 0 Å². The maximum atomic E-state index is 12.9. The Labute approximate surface area is 211 Å². The number of primary sulfonamides is 1. The Hall–Kier alpha value is -4.19. The van der Waals surface area contributed by atoms with Gasteiger partial charge < -0.3 is 15.4 Å². The molecule has 0 radical (unpaired) electrons. The van der Waals surface area contributed by atoms with Crippen LogP contribution in [0.15, 0.2) is 88.4 Å². The van der Waals surface area contributed by atoms with Crippen LogP contribution >= 0.6 is 11.6 Å². The normalized spacial score (nSPS) is 13.7. The van der Waals surface area contributed by atoms with E-state index in [-0.39, 0.29) is 15.6 Å². The van der Waals surface area contributed by atoms with Gasteiger partial charge in [0.05, 0.1) is 17.7 Å². The predicted molar refractivity (Wildman–Crippen MR) is 134 cm³/mol. The molecule has 1 aliphatic rings. The molecule has 0 aliphatic carbocycles. The number of methoxy groups -OCH3 is 1.